The van der Waals surface area contributed by atoms with Gasteiger partial charge in [-0.05, 0) is 61.9 Å². The van der Waals surface area contributed by atoms with E-state index >= 15 is 0 Å². The van der Waals surface area contributed by atoms with Crippen LogP contribution in [0.25, 0.3) is 0 Å². The Bertz CT molecular complexity index is 936. The Balaban J connectivity index is 1.38. The van der Waals surface area contributed by atoms with Crippen molar-refractivity contribution < 1.29 is 8.42 Å². The highest BCUT2D eigenvalue weighted by molar-refractivity contribution is 7.92. The lowest BCUT2D eigenvalue weighted by molar-refractivity contribution is 0.153. The number of sulfonamides is 1. The molecule has 1 aromatic heterocycles. The summed E-state index contributed by atoms with van der Waals surface area (Å²) in [6, 6.07) is 8.69. The molecule has 2 N–H and O–H groups in total. The van der Waals surface area contributed by atoms with Gasteiger partial charge in [-0.15, -0.1) is 0 Å². The van der Waals surface area contributed by atoms with Crippen LogP contribution in [-0.4, -0.2) is 65.5 Å². The smallest absolute Gasteiger partial charge is 0.264 e. The zero-order valence-electron chi connectivity index (χ0n) is 15.3. The molecule has 1 aromatic carbocycles. The Kier molecular flexibility index (Phi) is 5.42. The van der Waals surface area contributed by atoms with E-state index in [0.29, 0.717) is 11.2 Å². The highest BCUT2D eigenvalue weighted by Crippen LogP contribution is 2.22. The molecule has 4 rings (SSSR count). The number of fused-ring (bicyclic) bond motifs is 1. The largest absolute Gasteiger partial charge is 0.346 e. The van der Waals surface area contributed by atoms with E-state index in [9.17, 15) is 8.42 Å². The topological polar surface area (TPSA) is 90.5 Å². The van der Waals surface area contributed by atoms with Crippen LogP contribution in [0.1, 0.15) is 12.8 Å². The Labute approximate surface area is 170 Å². The van der Waals surface area contributed by atoms with Gasteiger partial charge < -0.3 is 10.2 Å². The molecule has 2 aromatic rings. The molecule has 0 spiro atoms. The van der Waals surface area contributed by atoms with Crippen LogP contribution < -0.4 is 10.0 Å². The molecule has 1 unspecified atom stereocenters. The predicted molar refractivity (Wildman–Crippen MR) is 112 cm³/mol. The molecule has 2 saturated heterocycles. The Morgan fingerprint density at radius 1 is 1.11 bits per heavy atom. The van der Waals surface area contributed by atoms with Gasteiger partial charge in [0.15, 0.2) is 5.11 Å². The molecule has 0 amide bonds. The van der Waals surface area contributed by atoms with Gasteiger partial charge in [-0.2, -0.15) is 0 Å². The number of anilines is 2. The average Bonchev–Trinajstić information content (AvgIpc) is 3.16. The molecule has 10 heteroatoms. The molecule has 2 aliphatic rings. The van der Waals surface area contributed by atoms with Crippen molar-refractivity contribution in [2.75, 3.05) is 36.2 Å². The van der Waals surface area contributed by atoms with Crippen LogP contribution in [0.4, 0.5) is 11.6 Å². The van der Waals surface area contributed by atoms with Gasteiger partial charge in [0.05, 0.1) is 4.90 Å². The van der Waals surface area contributed by atoms with Crippen molar-refractivity contribution in [2.24, 2.45) is 0 Å². The second-order valence-electron chi connectivity index (χ2n) is 6.91. The van der Waals surface area contributed by atoms with Gasteiger partial charge in [0.1, 0.15) is 0 Å². The summed E-state index contributed by atoms with van der Waals surface area (Å²) >= 11 is 5.56. The van der Waals surface area contributed by atoms with E-state index in [1.807, 2.05) is 0 Å². The number of piperazine rings is 1. The number of nitrogens with one attached hydrogen (secondary N) is 2. The van der Waals surface area contributed by atoms with E-state index in [0.717, 1.165) is 25.3 Å². The molecule has 1 atom stereocenters. The summed E-state index contributed by atoms with van der Waals surface area (Å²) in [6.07, 6.45) is 5.44. The van der Waals surface area contributed by atoms with Crippen LogP contribution in [0, 0.1) is 0 Å². The van der Waals surface area contributed by atoms with E-state index in [-0.39, 0.29) is 10.8 Å². The Hall–Kier alpha value is -2.30. The molecule has 0 radical (unpaired) electrons. The van der Waals surface area contributed by atoms with Gasteiger partial charge in [-0.3, -0.25) is 4.90 Å². The van der Waals surface area contributed by atoms with Crippen molar-refractivity contribution in [3.05, 3.63) is 42.7 Å². The number of hydrogen-bond donors (Lipinski definition) is 2. The van der Waals surface area contributed by atoms with Crippen molar-refractivity contribution in [1.29, 1.82) is 0 Å². The summed E-state index contributed by atoms with van der Waals surface area (Å²) in [6.45, 7) is 4.09. The third-order valence-electron chi connectivity index (χ3n) is 5.08. The Morgan fingerprint density at radius 3 is 2.61 bits per heavy atom. The number of aromatic nitrogens is 2. The second kappa shape index (κ2) is 7.98. The fraction of sp³-hybridized carbons (Fsp3) is 0.389. The number of thiocarbonyl (C=S) groups is 1. The number of hydrogen-bond acceptors (Lipinski definition) is 6. The average molecular weight is 419 g/mol. The summed E-state index contributed by atoms with van der Waals surface area (Å²) in [5.74, 6) is 0.0388. The fourth-order valence-electron chi connectivity index (χ4n) is 3.63. The van der Waals surface area contributed by atoms with E-state index < -0.39 is 10.0 Å². The molecule has 0 aliphatic carbocycles. The quantitative estimate of drug-likeness (QED) is 0.726. The molecule has 0 saturated carbocycles. The maximum atomic E-state index is 12.4. The minimum Gasteiger partial charge on any atom is -0.346 e. The zero-order valence-corrected chi connectivity index (χ0v) is 16.9. The highest BCUT2D eigenvalue weighted by atomic mass is 32.2. The third kappa shape index (κ3) is 4.23. The second-order valence-corrected chi connectivity index (χ2v) is 8.98. The summed E-state index contributed by atoms with van der Waals surface area (Å²) < 4.78 is 27.2. The first-order valence-electron chi connectivity index (χ1n) is 9.21. The Morgan fingerprint density at radius 2 is 1.86 bits per heavy atom. The van der Waals surface area contributed by atoms with E-state index in [1.165, 1.54) is 43.9 Å². The van der Waals surface area contributed by atoms with E-state index in [4.69, 9.17) is 12.2 Å². The molecule has 148 valence electrons. The maximum Gasteiger partial charge on any atom is 0.264 e. The van der Waals surface area contributed by atoms with Gasteiger partial charge >= 0.3 is 0 Å². The molecule has 2 aliphatic heterocycles. The van der Waals surface area contributed by atoms with E-state index in [2.05, 4.69) is 29.8 Å². The molecular formula is C18H22N6O2S2. The lowest BCUT2D eigenvalue weighted by atomic mass is 10.2. The van der Waals surface area contributed by atoms with Crippen LogP contribution in [0.15, 0.2) is 47.6 Å². The van der Waals surface area contributed by atoms with Gasteiger partial charge in [0.2, 0.25) is 5.95 Å². The maximum absolute atomic E-state index is 12.4. The molecule has 28 heavy (non-hydrogen) atoms. The first-order chi connectivity index (χ1) is 13.5. The van der Waals surface area contributed by atoms with Crippen LogP contribution in [0.3, 0.4) is 0 Å². The predicted octanol–water partition coefficient (Wildman–Crippen LogP) is 1.75. The molecule has 0 bridgehead atoms. The number of rotatable bonds is 4. The monoisotopic (exact) mass is 418 g/mol. The fourth-order valence-corrected chi connectivity index (χ4v) is 4.87. The summed E-state index contributed by atoms with van der Waals surface area (Å²) in [7, 11) is -3.74. The standard InChI is InChI=1S/C18H22N6O2S2/c25-28(26,22-17-19-8-2-9-20-17)16-6-4-14(5-7-16)21-18(27)24-12-11-23-10-1-3-15(23)13-24/h2,4-9,15H,1,3,10-13H2,(H,21,27)(H,19,20,22). The lowest BCUT2D eigenvalue weighted by Crippen LogP contribution is -2.53. The zero-order chi connectivity index (χ0) is 19.6. The van der Waals surface area contributed by atoms with Crippen molar-refractivity contribution in [3.63, 3.8) is 0 Å². The summed E-state index contributed by atoms with van der Waals surface area (Å²) in [5.41, 5.74) is 0.758. The minimum atomic E-state index is -3.74. The SMILES string of the molecule is O=S(=O)(Nc1ncccn1)c1ccc(NC(=S)N2CCN3CCCC3C2)cc1. The number of nitrogens with zero attached hydrogens (tertiary/aromatic N) is 4. The third-order valence-corrected chi connectivity index (χ3v) is 6.79. The summed E-state index contributed by atoms with van der Waals surface area (Å²) in [4.78, 5) is 12.6. The summed E-state index contributed by atoms with van der Waals surface area (Å²) in [5, 5.41) is 3.90. The highest BCUT2D eigenvalue weighted by Gasteiger charge is 2.31. The van der Waals surface area contributed by atoms with Crippen LogP contribution in [0.2, 0.25) is 0 Å². The molecule has 3 heterocycles. The van der Waals surface area contributed by atoms with Gasteiger partial charge in [-0.25, -0.2) is 23.1 Å². The minimum absolute atomic E-state index is 0.0388. The van der Waals surface area contributed by atoms with Crippen molar-refractivity contribution in [1.82, 2.24) is 19.8 Å². The van der Waals surface area contributed by atoms with Crippen molar-refractivity contribution in [2.45, 2.75) is 23.8 Å². The first kappa shape index (κ1) is 19.0. The van der Waals surface area contributed by atoms with Crippen LogP contribution in [0.5, 0.6) is 0 Å². The van der Waals surface area contributed by atoms with Gasteiger partial charge in [-0.1, -0.05) is 0 Å². The van der Waals surface area contributed by atoms with Gasteiger partial charge in [0.25, 0.3) is 10.0 Å². The van der Waals surface area contributed by atoms with Crippen molar-refractivity contribution >= 4 is 39.0 Å². The lowest BCUT2D eigenvalue weighted by Gasteiger charge is -2.38. The normalized spacial score (nSPS) is 19.9. The molecular weight excluding hydrogens is 396 g/mol. The van der Waals surface area contributed by atoms with Crippen LogP contribution in [-0.2, 0) is 10.0 Å². The van der Waals surface area contributed by atoms with E-state index in [1.54, 1.807) is 18.2 Å². The van der Waals surface area contributed by atoms with Crippen molar-refractivity contribution in [3.8, 4) is 0 Å². The van der Waals surface area contributed by atoms with Gasteiger partial charge in [0, 0.05) is 43.8 Å². The molecule has 8 nitrogen and oxygen atoms in total. The van der Waals surface area contributed by atoms with Crippen LogP contribution >= 0.6 is 12.2 Å². The number of benzene rings is 1. The first-order valence-corrected chi connectivity index (χ1v) is 11.1. The molecule has 2 fully saturated rings.